The van der Waals surface area contributed by atoms with Crippen molar-refractivity contribution in [1.82, 2.24) is 4.57 Å². The fourth-order valence-electron chi connectivity index (χ4n) is 8.49. The number of para-hydroxylation sites is 4. The molecule has 2 aromatic heterocycles. The second-order valence-corrected chi connectivity index (χ2v) is 15.2. The second kappa shape index (κ2) is 12.9. The summed E-state index contributed by atoms with van der Waals surface area (Å²) in [4.78, 5) is 2.48. The molecular weight excluding hydrogens is 685 g/mol. The Balaban J connectivity index is 1.21. The summed E-state index contributed by atoms with van der Waals surface area (Å²) in [5, 5.41) is 7.54. The monoisotopic (exact) mass is 718 g/mol. The smallest absolute Gasteiger partial charge is 0.0561 e. The topological polar surface area (TPSA) is 8.17 Å². The quantitative estimate of drug-likeness (QED) is 0.166. The van der Waals surface area contributed by atoms with Crippen LogP contribution in [0.3, 0.4) is 0 Å². The van der Waals surface area contributed by atoms with Gasteiger partial charge in [-0.05, 0) is 70.9 Å². The average Bonchev–Trinajstić information content (AvgIpc) is 3.80. The van der Waals surface area contributed by atoms with E-state index in [2.05, 4.69) is 216 Å². The maximum atomic E-state index is 2.48. The van der Waals surface area contributed by atoms with Gasteiger partial charge in [0.05, 0.1) is 22.4 Å². The number of anilines is 3. The molecule has 0 fully saturated rings. The first kappa shape index (κ1) is 31.6. The van der Waals surface area contributed by atoms with Gasteiger partial charge < -0.3 is 9.47 Å². The van der Waals surface area contributed by atoms with Crippen LogP contribution >= 0.6 is 11.3 Å². The lowest BCUT2D eigenvalue weighted by molar-refractivity contribution is 1.18. The molecule has 0 aliphatic carbocycles. The van der Waals surface area contributed by atoms with Gasteiger partial charge in [-0.3, -0.25) is 0 Å². The van der Waals surface area contributed by atoms with Gasteiger partial charge in [0.2, 0.25) is 0 Å². The van der Waals surface area contributed by atoms with E-state index in [9.17, 15) is 0 Å². The molecule has 0 saturated heterocycles. The number of hydrogen-bond acceptors (Lipinski definition) is 2. The van der Waals surface area contributed by atoms with Crippen LogP contribution in [-0.4, -0.2) is 4.57 Å². The predicted octanol–water partition coefficient (Wildman–Crippen LogP) is 15.1. The standard InChI is InChI=1S/C52H34N2S/c1-2-17-38(18-3-1)53-48-26-11-7-20-41(48)43-32-31-39(34-50(43)53)54(47-25-10-6-19-40(47)37-30-29-35-15-4-5-16-36(35)33-37)49-27-12-8-21-42(49)45-23-14-24-46-44-22-9-13-28-51(44)55-52(45)46/h1-34H. The van der Waals surface area contributed by atoms with Crippen LogP contribution < -0.4 is 4.90 Å². The summed E-state index contributed by atoms with van der Waals surface area (Å²) in [5.74, 6) is 0. The molecule has 3 heteroatoms. The lowest BCUT2D eigenvalue weighted by Crippen LogP contribution is -2.12. The molecule has 0 saturated carbocycles. The maximum Gasteiger partial charge on any atom is 0.0561 e. The van der Waals surface area contributed by atoms with Gasteiger partial charge in [0.25, 0.3) is 0 Å². The molecule has 0 atom stereocenters. The third-order valence-electron chi connectivity index (χ3n) is 11.0. The molecule has 0 bridgehead atoms. The zero-order chi connectivity index (χ0) is 36.3. The Bertz CT molecular complexity index is 3220. The SMILES string of the molecule is c1ccc(-n2c3ccccc3c3ccc(N(c4ccccc4-c4ccc5ccccc5c4)c4ccccc4-c4cccc5c4sc4ccccc45)cc32)cc1. The van der Waals surface area contributed by atoms with Crippen LogP contribution in [0.25, 0.3) is 80.7 Å². The van der Waals surface area contributed by atoms with Crippen LogP contribution in [0, 0.1) is 0 Å². The van der Waals surface area contributed by atoms with Crippen LogP contribution in [0.15, 0.2) is 206 Å². The summed E-state index contributed by atoms with van der Waals surface area (Å²) in [6.07, 6.45) is 0. The highest BCUT2D eigenvalue weighted by molar-refractivity contribution is 7.26. The number of nitrogens with zero attached hydrogens (tertiary/aromatic N) is 2. The summed E-state index contributed by atoms with van der Waals surface area (Å²) in [6, 6.07) is 75.3. The zero-order valence-electron chi connectivity index (χ0n) is 29.9. The Morgan fingerprint density at radius 2 is 1.02 bits per heavy atom. The van der Waals surface area contributed by atoms with Crippen molar-refractivity contribution in [1.29, 1.82) is 0 Å². The van der Waals surface area contributed by atoms with Gasteiger partial charge in [0.1, 0.15) is 0 Å². The van der Waals surface area contributed by atoms with E-state index in [1.54, 1.807) is 0 Å². The average molecular weight is 719 g/mol. The molecule has 0 N–H and O–H groups in total. The second-order valence-electron chi connectivity index (χ2n) is 14.1. The first-order chi connectivity index (χ1) is 27.3. The van der Waals surface area contributed by atoms with Crippen molar-refractivity contribution >= 4 is 81.1 Å². The molecule has 11 rings (SSSR count). The highest BCUT2D eigenvalue weighted by Crippen LogP contribution is 2.48. The number of fused-ring (bicyclic) bond motifs is 7. The van der Waals surface area contributed by atoms with Gasteiger partial charge in [0, 0.05) is 59.0 Å². The third kappa shape index (κ3) is 5.16. The lowest BCUT2D eigenvalue weighted by atomic mass is 9.96. The van der Waals surface area contributed by atoms with E-state index in [-0.39, 0.29) is 0 Å². The molecule has 258 valence electrons. The molecule has 0 radical (unpaired) electrons. The predicted molar refractivity (Wildman–Crippen MR) is 237 cm³/mol. The van der Waals surface area contributed by atoms with Crippen LogP contribution in [0.1, 0.15) is 0 Å². The number of benzene rings is 9. The highest BCUT2D eigenvalue weighted by atomic mass is 32.1. The van der Waals surface area contributed by atoms with Gasteiger partial charge in [-0.15, -0.1) is 11.3 Å². The molecule has 0 unspecified atom stereocenters. The molecule has 55 heavy (non-hydrogen) atoms. The van der Waals surface area contributed by atoms with E-state index < -0.39 is 0 Å². The van der Waals surface area contributed by atoms with E-state index in [0.29, 0.717) is 0 Å². The fraction of sp³-hybridized carbons (Fsp3) is 0. The summed E-state index contributed by atoms with van der Waals surface area (Å²) in [7, 11) is 0. The Hall–Kier alpha value is -6.94. The minimum absolute atomic E-state index is 1.09. The Morgan fingerprint density at radius 1 is 0.382 bits per heavy atom. The van der Waals surface area contributed by atoms with Crippen LogP contribution in [-0.2, 0) is 0 Å². The van der Waals surface area contributed by atoms with Crippen LogP contribution in [0.2, 0.25) is 0 Å². The zero-order valence-corrected chi connectivity index (χ0v) is 30.7. The largest absolute Gasteiger partial charge is 0.309 e. The molecule has 0 spiro atoms. The lowest BCUT2D eigenvalue weighted by Gasteiger charge is -2.30. The van der Waals surface area contributed by atoms with E-state index in [1.165, 1.54) is 75.0 Å². The summed E-state index contributed by atoms with van der Waals surface area (Å²) >= 11 is 1.88. The number of rotatable bonds is 6. The first-order valence-electron chi connectivity index (χ1n) is 18.8. The van der Waals surface area contributed by atoms with Gasteiger partial charge in [-0.25, -0.2) is 0 Å². The maximum absolute atomic E-state index is 2.48. The van der Waals surface area contributed by atoms with E-state index >= 15 is 0 Å². The van der Waals surface area contributed by atoms with E-state index in [0.717, 1.165) is 22.7 Å². The minimum atomic E-state index is 1.09. The fourth-order valence-corrected chi connectivity index (χ4v) is 9.72. The Labute approximate surface area is 323 Å². The van der Waals surface area contributed by atoms with Crippen molar-refractivity contribution in [3.8, 4) is 27.9 Å². The van der Waals surface area contributed by atoms with Crippen molar-refractivity contribution in [3.05, 3.63) is 206 Å². The highest BCUT2D eigenvalue weighted by Gasteiger charge is 2.23. The molecule has 0 aliphatic rings. The van der Waals surface area contributed by atoms with Gasteiger partial charge >= 0.3 is 0 Å². The Kier molecular flexibility index (Phi) is 7.39. The molecule has 11 aromatic rings. The molecule has 0 aliphatic heterocycles. The van der Waals surface area contributed by atoms with E-state index in [4.69, 9.17) is 0 Å². The molecular formula is C52H34N2S. The minimum Gasteiger partial charge on any atom is -0.309 e. The molecule has 2 heterocycles. The molecule has 9 aromatic carbocycles. The van der Waals surface area contributed by atoms with Crippen molar-refractivity contribution in [2.45, 2.75) is 0 Å². The van der Waals surface area contributed by atoms with E-state index in [1.807, 2.05) is 11.3 Å². The van der Waals surface area contributed by atoms with Crippen molar-refractivity contribution in [2.75, 3.05) is 4.90 Å². The van der Waals surface area contributed by atoms with Crippen molar-refractivity contribution in [3.63, 3.8) is 0 Å². The van der Waals surface area contributed by atoms with Gasteiger partial charge in [0.15, 0.2) is 0 Å². The third-order valence-corrected chi connectivity index (χ3v) is 12.2. The van der Waals surface area contributed by atoms with Gasteiger partial charge in [-0.2, -0.15) is 0 Å². The normalized spacial score (nSPS) is 11.6. The number of thiophene rings is 1. The summed E-state index contributed by atoms with van der Waals surface area (Å²) in [6.45, 7) is 0. The molecule has 2 nitrogen and oxygen atoms in total. The van der Waals surface area contributed by atoms with Crippen LogP contribution in [0.5, 0.6) is 0 Å². The molecule has 0 amide bonds. The summed E-state index contributed by atoms with van der Waals surface area (Å²) < 4.78 is 5.02. The first-order valence-corrected chi connectivity index (χ1v) is 19.6. The number of aromatic nitrogens is 1. The van der Waals surface area contributed by atoms with Crippen molar-refractivity contribution in [2.24, 2.45) is 0 Å². The summed E-state index contributed by atoms with van der Waals surface area (Å²) in [5.41, 5.74) is 11.6. The van der Waals surface area contributed by atoms with Gasteiger partial charge in [-0.1, -0.05) is 152 Å². The Morgan fingerprint density at radius 3 is 1.89 bits per heavy atom. The number of hydrogen-bond donors (Lipinski definition) is 0. The van der Waals surface area contributed by atoms with Crippen molar-refractivity contribution < 1.29 is 0 Å². The van der Waals surface area contributed by atoms with Crippen LogP contribution in [0.4, 0.5) is 17.1 Å².